The monoisotopic (exact) mass is 582 g/mol. The Hall–Kier alpha value is -3.40. The maximum absolute atomic E-state index is 12.8. The van der Waals surface area contributed by atoms with Gasteiger partial charge in [0, 0.05) is 21.6 Å². The van der Waals surface area contributed by atoms with Crippen LogP contribution in [0.2, 0.25) is 0 Å². The van der Waals surface area contributed by atoms with Gasteiger partial charge in [-0.1, -0.05) is 48.5 Å². The number of aliphatic carboxylic acids is 1. The second-order valence-corrected chi connectivity index (χ2v) is 9.80. The quantitative estimate of drug-likeness (QED) is 0.396. The van der Waals surface area contributed by atoms with E-state index in [9.17, 15) is 19.5 Å². The van der Waals surface area contributed by atoms with Crippen molar-refractivity contribution in [2.45, 2.75) is 24.8 Å². The first kappa shape index (κ1) is 23.3. The Kier molecular flexibility index (Phi) is 6.46. The summed E-state index contributed by atoms with van der Waals surface area (Å²) in [6.07, 6.45) is 0.551. The molecule has 35 heavy (non-hydrogen) atoms. The van der Waals surface area contributed by atoms with E-state index in [0.29, 0.717) is 34.2 Å². The molecule has 0 radical (unpaired) electrons. The maximum atomic E-state index is 12.8. The minimum atomic E-state index is -0.987. The fourth-order valence-electron chi connectivity index (χ4n) is 4.93. The number of hydrogen-bond acceptors (Lipinski definition) is 4. The zero-order valence-corrected chi connectivity index (χ0v) is 20.9. The number of carboxylic acids is 1. The summed E-state index contributed by atoms with van der Waals surface area (Å²) in [5.41, 5.74) is 5.52. The molecular formula is C27H23IN2O5. The van der Waals surface area contributed by atoms with Gasteiger partial charge in [-0.2, -0.15) is 0 Å². The number of anilines is 1. The summed E-state index contributed by atoms with van der Waals surface area (Å²) >= 11 is 2.04. The van der Waals surface area contributed by atoms with E-state index in [1.165, 1.54) is 4.90 Å². The summed E-state index contributed by atoms with van der Waals surface area (Å²) in [4.78, 5) is 38.3. The van der Waals surface area contributed by atoms with E-state index in [0.717, 1.165) is 22.3 Å². The third-order valence-electron chi connectivity index (χ3n) is 6.60. The summed E-state index contributed by atoms with van der Waals surface area (Å²) < 4.78 is 6.26. The standard InChI is InChI=1S/C27H23IN2O5/c28-22-14-16(25(31)30-13-5-10-24(30)26(32)33)11-12-23(22)29-27(34)35-15-21-19-8-3-1-6-17(19)18-7-2-4-9-20(18)21/h1-4,6-9,11-12,14,21,24H,5,10,13,15H2,(H,29,34)(H,32,33)/t24-/m0/s1. The van der Waals surface area contributed by atoms with Gasteiger partial charge in [0.2, 0.25) is 0 Å². The van der Waals surface area contributed by atoms with E-state index in [1.807, 2.05) is 46.9 Å². The van der Waals surface area contributed by atoms with Crippen LogP contribution in [0, 0.1) is 3.57 Å². The van der Waals surface area contributed by atoms with Crippen molar-refractivity contribution < 1.29 is 24.2 Å². The van der Waals surface area contributed by atoms with Gasteiger partial charge in [-0.15, -0.1) is 0 Å². The lowest BCUT2D eigenvalue weighted by Gasteiger charge is -2.21. The van der Waals surface area contributed by atoms with Crippen LogP contribution in [-0.4, -0.2) is 47.2 Å². The number of ether oxygens (including phenoxy) is 1. The minimum Gasteiger partial charge on any atom is -0.480 e. The molecule has 178 valence electrons. The Labute approximate surface area is 216 Å². The van der Waals surface area contributed by atoms with Gasteiger partial charge in [-0.05, 0) is 75.9 Å². The number of halogens is 1. The SMILES string of the molecule is O=C(Nc1ccc(C(=O)N2CCC[C@H]2C(=O)O)cc1I)OCC1c2ccccc2-c2ccccc21. The summed E-state index contributed by atoms with van der Waals surface area (Å²) in [6.45, 7) is 0.630. The molecule has 1 aliphatic carbocycles. The van der Waals surface area contributed by atoms with Gasteiger partial charge in [-0.25, -0.2) is 9.59 Å². The molecule has 8 heteroatoms. The fraction of sp³-hybridized carbons (Fsp3) is 0.222. The first-order valence-electron chi connectivity index (χ1n) is 11.4. The molecule has 0 unspecified atom stereocenters. The Morgan fingerprint density at radius 3 is 2.29 bits per heavy atom. The lowest BCUT2D eigenvalue weighted by atomic mass is 9.98. The van der Waals surface area contributed by atoms with Gasteiger partial charge in [0.15, 0.2) is 0 Å². The van der Waals surface area contributed by atoms with Crippen LogP contribution in [-0.2, 0) is 9.53 Å². The highest BCUT2D eigenvalue weighted by Crippen LogP contribution is 2.44. The summed E-state index contributed by atoms with van der Waals surface area (Å²) in [5, 5.41) is 12.1. The molecule has 0 aromatic heterocycles. The van der Waals surface area contributed by atoms with Crippen molar-refractivity contribution >= 4 is 46.2 Å². The lowest BCUT2D eigenvalue weighted by molar-refractivity contribution is -0.141. The number of carbonyl (C=O) groups excluding carboxylic acids is 2. The maximum Gasteiger partial charge on any atom is 0.411 e. The Balaban J connectivity index is 1.25. The second-order valence-electron chi connectivity index (χ2n) is 8.64. The molecule has 0 bridgehead atoms. The topological polar surface area (TPSA) is 95.9 Å². The highest BCUT2D eigenvalue weighted by atomic mass is 127. The van der Waals surface area contributed by atoms with Gasteiger partial charge < -0.3 is 14.7 Å². The molecule has 2 N–H and O–H groups in total. The summed E-state index contributed by atoms with van der Waals surface area (Å²) in [6, 6.07) is 20.4. The number of nitrogens with one attached hydrogen (secondary N) is 1. The van der Waals surface area contributed by atoms with E-state index in [4.69, 9.17) is 4.74 Å². The van der Waals surface area contributed by atoms with Crippen LogP contribution in [0.5, 0.6) is 0 Å². The smallest absolute Gasteiger partial charge is 0.411 e. The zero-order chi connectivity index (χ0) is 24.5. The average molecular weight is 582 g/mol. The summed E-state index contributed by atoms with van der Waals surface area (Å²) in [5.74, 6) is -1.34. The van der Waals surface area contributed by atoms with Crippen molar-refractivity contribution in [3.63, 3.8) is 0 Å². The number of amides is 2. The third-order valence-corrected chi connectivity index (χ3v) is 7.49. The predicted molar refractivity (Wildman–Crippen MR) is 140 cm³/mol. The van der Waals surface area contributed by atoms with Gasteiger partial charge >= 0.3 is 12.1 Å². The fourth-order valence-corrected chi connectivity index (χ4v) is 5.58. The van der Waals surface area contributed by atoms with E-state index in [2.05, 4.69) is 29.6 Å². The molecule has 5 rings (SSSR count). The van der Waals surface area contributed by atoms with Crippen molar-refractivity contribution in [2.24, 2.45) is 0 Å². The number of benzene rings is 3. The number of likely N-dealkylation sites (tertiary alicyclic amines) is 1. The molecule has 3 aromatic rings. The molecule has 2 aliphatic rings. The molecule has 1 aliphatic heterocycles. The number of nitrogens with zero attached hydrogens (tertiary/aromatic N) is 1. The van der Waals surface area contributed by atoms with Crippen LogP contribution >= 0.6 is 22.6 Å². The lowest BCUT2D eigenvalue weighted by Crippen LogP contribution is -2.40. The van der Waals surface area contributed by atoms with E-state index < -0.39 is 18.1 Å². The van der Waals surface area contributed by atoms with Crippen molar-refractivity contribution in [3.8, 4) is 11.1 Å². The molecule has 0 saturated carbocycles. The van der Waals surface area contributed by atoms with Crippen molar-refractivity contribution in [3.05, 3.63) is 87.0 Å². The number of fused-ring (bicyclic) bond motifs is 3. The van der Waals surface area contributed by atoms with Gasteiger partial charge in [0.25, 0.3) is 5.91 Å². The second kappa shape index (κ2) is 9.69. The van der Waals surface area contributed by atoms with E-state index in [1.54, 1.807) is 18.2 Å². The number of carbonyl (C=O) groups is 3. The highest BCUT2D eigenvalue weighted by molar-refractivity contribution is 14.1. The van der Waals surface area contributed by atoms with Gasteiger partial charge in [0.1, 0.15) is 12.6 Å². The van der Waals surface area contributed by atoms with Crippen LogP contribution in [0.1, 0.15) is 40.2 Å². The molecule has 1 saturated heterocycles. The Bertz CT molecular complexity index is 1280. The van der Waals surface area contributed by atoms with Crippen molar-refractivity contribution in [1.29, 1.82) is 0 Å². The van der Waals surface area contributed by atoms with Crippen LogP contribution < -0.4 is 5.32 Å². The largest absolute Gasteiger partial charge is 0.480 e. The van der Waals surface area contributed by atoms with Crippen molar-refractivity contribution in [1.82, 2.24) is 4.90 Å². The Morgan fingerprint density at radius 1 is 1.00 bits per heavy atom. The zero-order valence-electron chi connectivity index (χ0n) is 18.7. The van der Waals surface area contributed by atoms with Crippen LogP contribution in [0.25, 0.3) is 11.1 Å². The molecule has 3 aromatic carbocycles. The van der Waals surface area contributed by atoms with Crippen LogP contribution in [0.15, 0.2) is 66.7 Å². The molecule has 1 fully saturated rings. The normalized spacial score (nSPS) is 16.5. The molecule has 7 nitrogen and oxygen atoms in total. The minimum absolute atomic E-state index is 0.0325. The third kappa shape index (κ3) is 4.50. The number of carboxylic acid groups (broad SMARTS) is 1. The van der Waals surface area contributed by atoms with Gasteiger partial charge in [0.05, 0.1) is 5.69 Å². The first-order valence-corrected chi connectivity index (χ1v) is 12.5. The first-order chi connectivity index (χ1) is 16.9. The van der Waals surface area contributed by atoms with Crippen LogP contribution in [0.3, 0.4) is 0 Å². The molecule has 0 spiro atoms. The van der Waals surface area contributed by atoms with Crippen molar-refractivity contribution in [2.75, 3.05) is 18.5 Å². The van der Waals surface area contributed by atoms with Crippen LogP contribution in [0.4, 0.5) is 10.5 Å². The van der Waals surface area contributed by atoms with E-state index in [-0.39, 0.29) is 18.4 Å². The molecule has 2 amide bonds. The van der Waals surface area contributed by atoms with E-state index >= 15 is 0 Å². The summed E-state index contributed by atoms with van der Waals surface area (Å²) in [7, 11) is 0. The number of rotatable bonds is 5. The molecule has 1 heterocycles. The Morgan fingerprint density at radius 2 is 1.66 bits per heavy atom. The molecule has 1 atom stereocenters. The number of hydrogen-bond donors (Lipinski definition) is 2. The predicted octanol–water partition coefficient (Wildman–Crippen LogP) is 5.34. The molecular weight excluding hydrogens is 559 g/mol. The van der Waals surface area contributed by atoms with Gasteiger partial charge in [-0.3, -0.25) is 10.1 Å². The highest BCUT2D eigenvalue weighted by Gasteiger charge is 2.34. The average Bonchev–Trinajstić information content (AvgIpc) is 3.47.